The van der Waals surface area contributed by atoms with Crippen molar-refractivity contribution in [3.8, 4) is 0 Å². The average Bonchev–Trinajstić information content (AvgIpc) is 2.47. The van der Waals surface area contributed by atoms with Gasteiger partial charge in [0.15, 0.2) is 0 Å². The van der Waals surface area contributed by atoms with E-state index in [9.17, 15) is 4.79 Å². The average molecular weight is 284 g/mol. The number of benzene rings is 1. The van der Waals surface area contributed by atoms with Gasteiger partial charge in [0, 0.05) is 11.6 Å². The third kappa shape index (κ3) is 2.46. The van der Waals surface area contributed by atoms with Crippen LogP contribution in [0.25, 0.3) is 10.9 Å². The fourth-order valence-corrected chi connectivity index (χ4v) is 2.15. The number of hydrogen-bond acceptors (Lipinski definition) is 3. The normalized spacial score (nSPS) is 10.4. The predicted octanol–water partition coefficient (Wildman–Crippen LogP) is 3.54. The number of carbonyl (C=O) groups excluding carboxylic acids is 1. The molecule has 4 nitrogen and oxygen atoms in total. The fourth-order valence-electron chi connectivity index (χ4n) is 1.95. The first kappa shape index (κ1) is 12.6. The molecule has 0 radical (unpaired) electrons. The number of carbonyl (C=O) groups is 1. The van der Waals surface area contributed by atoms with Crippen molar-refractivity contribution in [3.63, 3.8) is 0 Å². The molecule has 0 saturated carbocycles. The smallest absolute Gasteiger partial charge is 0.257 e. The number of anilines is 1. The summed E-state index contributed by atoms with van der Waals surface area (Å²) in [5.41, 5.74) is 1.16. The fraction of sp³-hybridized carbons (Fsp3) is 0. The van der Waals surface area contributed by atoms with Crippen LogP contribution in [-0.2, 0) is 0 Å². The summed E-state index contributed by atoms with van der Waals surface area (Å²) in [6.07, 6.45) is 1.62. The van der Waals surface area contributed by atoms with Crippen molar-refractivity contribution >= 4 is 34.2 Å². The van der Waals surface area contributed by atoms with Crippen LogP contribution < -0.4 is 5.32 Å². The van der Waals surface area contributed by atoms with E-state index in [1.807, 2.05) is 24.3 Å². The summed E-state index contributed by atoms with van der Waals surface area (Å²) in [4.78, 5) is 20.6. The Morgan fingerprint density at radius 1 is 1.10 bits per heavy atom. The molecule has 0 bridgehead atoms. The maximum Gasteiger partial charge on any atom is 0.257 e. The van der Waals surface area contributed by atoms with Crippen molar-refractivity contribution in [2.24, 2.45) is 0 Å². The number of rotatable bonds is 2. The minimum atomic E-state index is -0.260. The largest absolute Gasteiger partial charge is 0.307 e. The van der Waals surface area contributed by atoms with Gasteiger partial charge in [0.1, 0.15) is 11.0 Å². The molecule has 0 spiro atoms. The van der Waals surface area contributed by atoms with E-state index in [0.717, 1.165) is 5.39 Å². The van der Waals surface area contributed by atoms with Gasteiger partial charge in [-0.3, -0.25) is 4.79 Å². The molecule has 0 atom stereocenters. The zero-order chi connectivity index (χ0) is 13.9. The van der Waals surface area contributed by atoms with Crippen LogP contribution in [0.2, 0.25) is 5.15 Å². The molecule has 1 aromatic carbocycles. The van der Waals surface area contributed by atoms with Crippen molar-refractivity contribution < 1.29 is 4.79 Å². The second kappa shape index (κ2) is 5.27. The van der Waals surface area contributed by atoms with Gasteiger partial charge in [-0.2, -0.15) is 0 Å². The molecule has 0 aliphatic heterocycles. The van der Waals surface area contributed by atoms with Gasteiger partial charge in [-0.1, -0.05) is 35.9 Å². The Labute approximate surface area is 120 Å². The number of fused-ring (bicyclic) bond motifs is 1. The Morgan fingerprint density at radius 2 is 1.90 bits per heavy atom. The molecule has 0 unspecified atom stereocenters. The van der Waals surface area contributed by atoms with Crippen LogP contribution in [0.4, 0.5) is 5.82 Å². The zero-order valence-corrected chi connectivity index (χ0v) is 11.1. The van der Waals surface area contributed by atoms with Crippen molar-refractivity contribution in [2.75, 3.05) is 5.32 Å². The first-order valence-corrected chi connectivity index (χ1v) is 6.39. The Hall–Kier alpha value is -2.46. The van der Waals surface area contributed by atoms with Crippen molar-refractivity contribution in [3.05, 3.63) is 65.4 Å². The van der Waals surface area contributed by atoms with E-state index in [-0.39, 0.29) is 11.1 Å². The van der Waals surface area contributed by atoms with E-state index in [1.54, 1.807) is 30.5 Å². The molecule has 1 N–H and O–H groups in total. The number of pyridine rings is 2. The van der Waals surface area contributed by atoms with Crippen LogP contribution in [0, 0.1) is 0 Å². The second-order valence-corrected chi connectivity index (χ2v) is 4.57. The number of halogens is 1. The van der Waals surface area contributed by atoms with Gasteiger partial charge in [-0.15, -0.1) is 0 Å². The molecule has 2 heterocycles. The molecular formula is C15H10ClN3O. The van der Waals surface area contributed by atoms with Gasteiger partial charge in [-0.05, 0) is 24.3 Å². The minimum Gasteiger partial charge on any atom is -0.307 e. The molecule has 1 amide bonds. The lowest BCUT2D eigenvalue weighted by molar-refractivity contribution is 0.102. The van der Waals surface area contributed by atoms with Crippen LogP contribution in [0.15, 0.2) is 54.7 Å². The van der Waals surface area contributed by atoms with Crippen LogP contribution >= 0.6 is 11.6 Å². The highest BCUT2D eigenvalue weighted by atomic mass is 35.5. The van der Waals surface area contributed by atoms with Gasteiger partial charge in [0.2, 0.25) is 0 Å². The number of nitrogens with zero attached hydrogens (tertiary/aromatic N) is 2. The second-order valence-electron chi connectivity index (χ2n) is 4.18. The lowest BCUT2D eigenvalue weighted by Crippen LogP contribution is -2.13. The molecule has 3 aromatic rings. The lowest BCUT2D eigenvalue weighted by atomic mass is 10.1. The molecule has 0 aliphatic rings. The van der Waals surface area contributed by atoms with Crippen LogP contribution in [0.1, 0.15) is 10.4 Å². The van der Waals surface area contributed by atoms with Gasteiger partial charge in [0.05, 0.1) is 11.1 Å². The van der Waals surface area contributed by atoms with Crippen LogP contribution in [0.3, 0.4) is 0 Å². The van der Waals surface area contributed by atoms with Crippen LogP contribution in [-0.4, -0.2) is 15.9 Å². The monoisotopic (exact) mass is 283 g/mol. The maximum absolute atomic E-state index is 12.3. The molecule has 5 heteroatoms. The Bertz CT molecular complexity index is 774. The molecule has 3 rings (SSSR count). The van der Waals surface area contributed by atoms with Gasteiger partial charge in [0.25, 0.3) is 5.91 Å². The molecule has 98 valence electrons. The molecule has 0 aliphatic carbocycles. The van der Waals surface area contributed by atoms with Crippen molar-refractivity contribution in [1.29, 1.82) is 0 Å². The number of nitrogens with one attached hydrogen (secondary N) is 1. The van der Waals surface area contributed by atoms with Gasteiger partial charge >= 0.3 is 0 Å². The summed E-state index contributed by atoms with van der Waals surface area (Å²) < 4.78 is 0. The highest BCUT2D eigenvalue weighted by Gasteiger charge is 2.12. The summed E-state index contributed by atoms with van der Waals surface area (Å²) in [6.45, 7) is 0. The van der Waals surface area contributed by atoms with E-state index in [1.165, 1.54) is 0 Å². The van der Waals surface area contributed by atoms with E-state index in [2.05, 4.69) is 15.3 Å². The SMILES string of the molecule is O=C(Nc1ccccn1)c1cc(Cl)nc2ccccc12. The standard InChI is InChI=1S/C15H10ClN3O/c16-13-9-11(10-5-1-2-6-12(10)18-13)15(20)19-14-7-3-4-8-17-14/h1-9H,(H,17,19,20). The molecule has 2 aromatic heterocycles. The third-order valence-electron chi connectivity index (χ3n) is 2.84. The summed E-state index contributed by atoms with van der Waals surface area (Å²) in [5.74, 6) is 0.235. The Balaban J connectivity index is 2.03. The summed E-state index contributed by atoms with van der Waals surface area (Å²) in [5, 5.41) is 3.78. The first-order chi connectivity index (χ1) is 9.74. The zero-order valence-electron chi connectivity index (χ0n) is 10.4. The molecule has 20 heavy (non-hydrogen) atoms. The lowest BCUT2D eigenvalue weighted by Gasteiger charge is -2.07. The molecule has 0 saturated heterocycles. The highest BCUT2D eigenvalue weighted by molar-refractivity contribution is 6.30. The summed E-state index contributed by atoms with van der Waals surface area (Å²) >= 11 is 5.96. The predicted molar refractivity (Wildman–Crippen MR) is 78.9 cm³/mol. The van der Waals surface area contributed by atoms with Crippen molar-refractivity contribution in [1.82, 2.24) is 9.97 Å². The Kier molecular flexibility index (Phi) is 3.31. The number of hydrogen-bond donors (Lipinski definition) is 1. The van der Waals surface area contributed by atoms with Crippen LogP contribution in [0.5, 0.6) is 0 Å². The van der Waals surface area contributed by atoms with Gasteiger partial charge < -0.3 is 5.32 Å². The first-order valence-electron chi connectivity index (χ1n) is 6.02. The minimum absolute atomic E-state index is 0.260. The van der Waals surface area contributed by atoms with E-state index < -0.39 is 0 Å². The van der Waals surface area contributed by atoms with Gasteiger partial charge in [-0.25, -0.2) is 9.97 Å². The van der Waals surface area contributed by atoms with E-state index in [4.69, 9.17) is 11.6 Å². The highest BCUT2D eigenvalue weighted by Crippen LogP contribution is 2.21. The third-order valence-corrected chi connectivity index (χ3v) is 3.03. The van der Waals surface area contributed by atoms with E-state index in [0.29, 0.717) is 16.9 Å². The number of para-hydroxylation sites is 1. The summed E-state index contributed by atoms with van der Waals surface area (Å²) in [7, 11) is 0. The molecule has 0 fully saturated rings. The van der Waals surface area contributed by atoms with E-state index >= 15 is 0 Å². The summed E-state index contributed by atoms with van der Waals surface area (Å²) in [6, 6.07) is 14.2. The molecular weight excluding hydrogens is 274 g/mol. The topological polar surface area (TPSA) is 54.9 Å². The number of amides is 1. The quantitative estimate of drug-likeness (QED) is 0.732. The number of aromatic nitrogens is 2. The Morgan fingerprint density at radius 3 is 2.70 bits per heavy atom. The maximum atomic E-state index is 12.3. The van der Waals surface area contributed by atoms with Crippen molar-refractivity contribution in [2.45, 2.75) is 0 Å².